The molecule has 0 spiro atoms. The molecule has 0 radical (unpaired) electrons. The van der Waals surface area contributed by atoms with Crippen LogP contribution in [-0.2, 0) is 6.42 Å². The third kappa shape index (κ3) is 3.82. The molecule has 166 valence electrons. The van der Waals surface area contributed by atoms with Crippen LogP contribution in [0.2, 0.25) is 0 Å². The van der Waals surface area contributed by atoms with Gasteiger partial charge in [-0.25, -0.2) is 13.8 Å². The number of nitrogens with zero attached hydrogens (tertiary/aromatic N) is 5. The van der Waals surface area contributed by atoms with E-state index in [-0.39, 0.29) is 23.6 Å². The molecular formula is C23H23F2N5OS. The summed E-state index contributed by atoms with van der Waals surface area (Å²) in [6.45, 7) is 4.94. The minimum Gasteiger partial charge on any atom is -0.492 e. The Morgan fingerprint density at radius 1 is 0.969 bits per heavy atom. The first-order valence-electron chi connectivity index (χ1n) is 10.6. The first kappa shape index (κ1) is 20.8. The van der Waals surface area contributed by atoms with E-state index in [1.807, 2.05) is 6.92 Å². The van der Waals surface area contributed by atoms with Crippen LogP contribution in [0.5, 0.6) is 5.88 Å². The van der Waals surface area contributed by atoms with E-state index >= 15 is 0 Å². The molecule has 1 N–H and O–H groups in total. The molecule has 1 saturated heterocycles. The van der Waals surface area contributed by atoms with Gasteiger partial charge in [0, 0.05) is 38.3 Å². The van der Waals surface area contributed by atoms with Crippen LogP contribution in [0.3, 0.4) is 0 Å². The highest BCUT2D eigenvalue weighted by atomic mass is 32.1. The first-order chi connectivity index (χ1) is 15.5. The van der Waals surface area contributed by atoms with Crippen molar-refractivity contribution in [3.05, 3.63) is 76.4 Å². The molecule has 32 heavy (non-hydrogen) atoms. The van der Waals surface area contributed by atoms with E-state index in [0.717, 1.165) is 42.3 Å². The predicted octanol–water partition coefficient (Wildman–Crippen LogP) is 4.25. The van der Waals surface area contributed by atoms with Crippen molar-refractivity contribution in [3.63, 3.8) is 0 Å². The van der Waals surface area contributed by atoms with E-state index in [2.05, 4.69) is 19.9 Å². The summed E-state index contributed by atoms with van der Waals surface area (Å²) in [5.74, 6) is 0.215. The van der Waals surface area contributed by atoms with Crippen molar-refractivity contribution in [2.24, 2.45) is 0 Å². The summed E-state index contributed by atoms with van der Waals surface area (Å²) in [6.07, 6.45) is 0.690. The van der Waals surface area contributed by atoms with Crippen LogP contribution < -0.4 is 4.90 Å². The van der Waals surface area contributed by atoms with Gasteiger partial charge in [0.05, 0.1) is 10.9 Å². The molecule has 1 unspecified atom stereocenters. The van der Waals surface area contributed by atoms with Crippen LogP contribution in [0.4, 0.5) is 14.5 Å². The van der Waals surface area contributed by atoms with Crippen LogP contribution >= 0.6 is 11.3 Å². The van der Waals surface area contributed by atoms with Crippen molar-refractivity contribution in [1.82, 2.24) is 19.5 Å². The number of aromatic nitrogens is 3. The highest BCUT2D eigenvalue weighted by Crippen LogP contribution is 2.40. The second-order valence-electron chi connectivity index (χ2n) is 7.82. The maximum Gasteiger partial charge on any atom is 0.230 e. The highest BCUT2D eigenvalue weighted by Gasteiger charge is 2.32. The number of benzene rings is 2. The smallest absolute Gasteiger partial charge is 0.230 e. The molecule has 9 heteroatoms. The lowest BCUT2D eigenvalue weighted by atomic mass is 10.0. The molecule has 2 aromatic carbocycles. The molecular weight excluding hydrogens is 432 g/mol. The number of fused-ring (bicyclic) bond motifs is 1. The van der Waals surface area contributed by atoms with E-state index in [1.165, 1.54) is 40.1 Å². The molecule has 5 rings (SSSR count). The largest absolute Gasteiger partial charge is 0.492 e. The zero-order valence-corrected chi connectivity index (χ0v) is 18.4. The van der Waals surface area contributed by atoms with Gasteiger partial charge in [0.2, 0.25) is 10.8 Å². The summed E-state index contributed by atoms with van der Waals surface area (Å²) < 4.78 is 28.4. The van der Waals surface area contributed by atoms with Gasteiger partial charge in [-0.15, -0.1) is 5.10 Å². The number of hydrogen-bond donors (Lipinski definition) is 1. The van der Waals surface area contributed by atoms with Gasteiger partial charge in [-0.2, -0.15) is 4.52 Å². The van der Waals surface area contributed by atoms with Gasteiger partial charge in [0.25, 0.3) is 0 Å². The molecule has 1 fully saturated rings. The Bertz CT molecular complexity index is 1210. The van der Waals surface area contributed by atoms with Gasteiger partial charge in [0.1, 0.15) is 11.6 Å². The number of aromatic hydroxyl groups is 1. The van der Waals surface area contributed by atoms with Gasteiger partial charge in [-0.05, 0) is 42.0 Å². The normalized spacial score (nSPS) is 16.0. The zero-order valence-electron chi connectivity index (χ0n) is 17.6. The van der Waals surface area contributed by atoms with Gasteiger partial charge in [0.15, 0.2) is 5.82 Å². The van der Waals surface area contributed by atoms with Crippen molar-refractivity contribution in [1.29, 1.82) is 0 Å². The zero-order chi connectivity index (χ0) is 22.2. The van der Waals surface area contributed by atoms with E-state index in [0.29, 0.717) is 17.2 Å². The number of halogens is 2. The molecule has 6 nitrogen and oxygen atoms in total. The Morgan fingerprint density at radius 2 is 1.59 bits per heavy atom. The minimum absolute atomic E-state index is 0.0764. The average Bonchev–Trinajstić information content (AvgIpc) is 3.35. The fourth-order valence-corrected chi connectivity index (χ4v) is 5.32. The maximum absolute atomic E-state index is 13.6. The lowest BCUT2D eigenvalue weighted by Gasteiger charge is -2.40. The summed E-state index contributed by atoms with van der Waals surface area (Å²) in [4.78, 5) is 10.4. The standard InChI is InChI=1S/C23H23F2N5OS/c1-2-19-26-23-30(27-19)22(31)21(32-23)20(15-3-5-16(24)6-4-15)29-13-11-28(12-14-29)18-9-7-17(25)8-10-18/h3-10,20,31H,2,11-14H2,1H3. The Balaban J connectivity index is 1.46. The fraction of sp³-hybridized carbons (Fsp3) is 0.304. The molecule has 0 aliphatic carbocycles. The second kappa shape index (κ2) is 8.48. The molecule has 2 aromatic heterocycles. The van der Waals surface area contributed by atoms with E-state index in [1.54, 1.807) is 24.3 Å². The number of piperazine rings is 1. The predicted molar refractivity (Wildman–Crippen MR) is 120 cm³/mol. The maximum atomic E-state index is 13.6. The summed E-state index contributed by atoms with van der Waals surface area (Å²) in [5.41, 5.74) is 1.88. The molecule has 1 atom stereocenters. The van der Waals surface area contributed by atoms with E-state index < -0.39 is 0 Å². The third-order valence-corrected chi connectivity index (χ3v) is 6.94. The quantitative estimate of drug-likeness (QED) is 0.488. The van der Waals surface area contributed by atoms with Gasteiger partial charge in [-0.1, -0.05) is 30.4 Å². The van der Waals surface area contributed by atoms with Crippen molar-refractivity contribution in [2.45, 2.75) is 19.4 Å². The topological polar surface area (TPSA) is 56.9 Å². The number of thiazole rings is 1. The molecule has 1 aliphatic heterocycles. The Kier molecular flexibility index (Phi) is 5.52. The van der Waals surface area contributed by atoms with Gasteiger partial charge in [-0.3, -0.25) is 4.90 Å². The van der Waals surface area contributed by atoms with Crippen molar-refractivity contribution < 1.29 is 13.9 Å². The molecule has 4 aromatic rings. The minimum atomic E-state index is -0.298. The fourth-order valence-electron chi connectivity index (χ4n) is 4.18. The first-order valence-corrected chi connectivity index (χ1v) is 11.4. The number of aryl methyl sites for hydroxylation is 1. The number of rotatable bonds is 5. The summed E-state index contributed by atoms with van der Waals surface area (Å²) in [6, 6.07) is 12.7. The second-order valence-corrected chi connectivity index (χ2v) is 8.83. The number of anilines is 1. The van der Waals surface area contributed by atoms with Gasteiger partial charge < -0.3 is 10.0 Å². The van der Waals surface area contributed by atoms with Crippen molar-refractivity contribution >= 4 is 22.0 Å². The molecule has 0 amide bonds. The van der Waals surface area contributed by atoms with Gasteiger partial charge >= 0.3 is 0 Å². The van der Waals surface area contributed by atoms with Crippen LogP contribution in [0.1, 0.15) is 29.2 Å². The molecule has 1 aliphatic rings. The lowest BCUT2D eigenvalue weighted by molar-refractivity contribution is 0.211. The monoisotopic (exact) mass is 455 g/mol. The van der Waals surface area contributed by atoms with Crippen LogP contribution in [0.25, 0.3) is 4.96 Å². The van der Waals surface area contributed by atoms with E-state index in [9.17, 15) is 13.9 Å². The van der Waals surface area contributed by atoms with Crippen LogP contribution in [0.15, 0.2) is 48.5 Å². The average molecular weight is 456 g/mol. The van der Waals surface area contributed by atoms with Crippen LogP contribution in [-0.4, -0.2) is 50.8 Å². The Hall–Kier alpha value is -3.04. The molecule has 3 heterocycles. The SMILES string of the molecule is CCc1nc2sc(C(c3ccc(F)cc3)N3CCN(c4ccc(F)cc4)CC3)c(O)n2n1. The summed E-state index contributed by atoms with van der Waals surface area (Å²) in [7, 11) is 0. The Morgan fingerprint density at radius 3 is 2.19 bits per heavy atom. The molecule has 0 saturated carbocycles. The summed E-state index contributed by atoms with van der Waals surface area (Å²) in [5, 5.41) is 15.4. The van der Waals surface area contributed by atoms with Crippen molar-refractivity contribution in [3.8, 4) is 5.88 Å². The van der Waals surface area contributed by atoms with E-state index in [4.69, 9.17) is 0 Å². The highest BCUT2D eigenvalue weighted by molar-refractivity contribution is 7.17. The summed E-state index contributed by atoms with van der Waals surface area (Å²) >= 11 is 1.41. The molecule has 0 bridgehead atoms. The van der Waals surface area contributed by atoms with Crippen molar-refractivity contribution in [2.75, 3.05) is 31.1 Å². The lowest BCUT2D eigenvalue weighted by Crippen LogP contribution is -2.47. The third-order valence-electron chi connectivity index (χ3n) is 5.87. The number of hydrogen-bond acceptors (Lipinski definition) is 6. The van der Waals surface area contributed by atoms with Crippen LogP contribution in [0, 0.1) is 11.6 Å². The Labute approximate surface area is 188 Å².